The van der Waals surface area contributed by atoms with Gasteiger partial charge in [-0.1, -0.05) is 83.6 Å². The molecule has 0 bridgehead atoms. The van der Waals surface area contributed by atoms with Crippen LogP contribution in [0.3, 0.4) is 0 Å². The van der Waals surface area contributed by atoms with Gasteiger partial charge in [-0.05, 0) is 43.5 Å². The summed E-state index contributed by atoms with van der Waals surface area (Å²) in [5.41, 5.74) is 0.450. The summed E-state index contributed by atoms with van der Waals surface area (Å²) in [6.07, 6.45) is 7.71. The molecule has 2 aromatic carbocycles. The van der Waals surface area contributed by atoms with Crippen molar-refractivity contribution in [2.75, 3.05) is 6.61 Å². The summed E-state index contributed by atoms with van der Waals surface area (Å²) in [6.45, 7) is 6.57. The minimum atomic E-state index is -1.02. The monoisotopic (exact) mass is 524 g/mol. The zero-order chi connectivity index (χ0) is 27.8. The molecule has 0 N–H and O–H groups in total. The van der Waals surface area contributed by atoms with Gasteiger partial charge in [0, 0.05) is 24.2 Å². The molecule has 38 heavy (non-hydrogen) atoms. The zero-order valence-electron chi connectivity index (χ0n) is 22.8. The van der Waals surface area contributed by atoms with E-state index in [1.807, 2.05) is 6.92 Å². The van der Waals surface area contributed by atoms with Crippen LogP contribution in [0, 0.1) is 0 Å². The van der Waals surface area contributed by atoms with Crippen LogP contribution in [0.15, 0.2) is 48.5 Å². The van der Waals surface area contributed by atoms with Gasteiger partial charge < -0.3 is 4.74 Å². The highest BCUT2D eigenvalue weighted by Gasteiger charge is 2.26. The van der Waals surface area contributed by atoms with Crippen LogP contribution in [0.4, 0.5) is 0 Å². The molecule has 0 aromatic heterocycles. The van der Waals surface area contributed by atoms with Gasteiger partial charge in [-0.15, -0.1) is 0 Å². The molecule has 0 aliphatic heterocycles. The van der Waals surface area contributed by atoms with Gasteiger partial charge in [0.2, 0.25) is 0 Å². The molecule has 7 nitrogen and oxygen atoms in total. The number of carbonyl (C=O) groups excluding carboxylic acids is 4. The molecule has 7 heteroatoms. The van der Waals surface area contributed by atoms with Crippen molar-refractivity contribution in [2.24, 2.45) is 0 Å². The van der Waals surface area contributed by atoms with Crippen LogP contribution >= 0.6 is 0 Å². The molecule has 0 aliphatic rings. The van der Waals surface area contributed by atoms with E-state index in [1.54, 1.807) is 24.3 Å². The fourth-order valence-electron chi connectivity index (χ4n) is 4.02. The van der Waals surface area contributed by atoms with Crippen molar-refractivity contribution in [3.63, 3.8) is 0 Å². The number of hydrogen-bond acceptors (Lipinski definition) is 7. The topological polar surface area (TPSA) is 96.0 Å². The van der Waals surface area contributed by atoms with Gasteiger partial charge in [-0.3, -0.25) is 9.59 Å². The van der Waals surface area contributed by atoms with Crippen molar-refractivity contribution in [2.45, 2.75) is 91.1 Å². The summed E-state index contributed by atoms with van der Waals surface area (Å²) in [6, 6.07) is 12.4. The molecule has 0 amide bonds. The Hall–Kier alpha value is -3.32. The molecule has 1 atom stereocenters. The van der Waals surface area contributed by atoms with Gasteiger partial charge >= 0.3 is 11.9 Å². The third-order valence-electron chi connectivity index (χ3n) is 6.18. The quantitative estimate of drug-likeness (QED) is 0.0925. The molecule has 0 fully saturated rings. The van der Waals surface area contributed by atoms with E-state index in [9.17, 15) is 19.2 Å². The first kappa shape index (κ1) is 30.9. The molecule has 0 radical (unpaired) electrons. The molecule has 0 heterocycles. The maximum absolute atomic E-state index is 13.5. The minimum Gasteiger partial charge on any atom is -0.370 e. The molecule has 2 aromatic rings. The van der Waals surface area contributed by atoms with Crippen molar-refractivity contribution >= 4 is 23.5 Å². The maximum Gasteiger partial charge on any atom is 0.387 e. The summed E-state index contributed by atoms with van der Waals surface area (Å²) >= 11 is 0. The van der Waals surface area contributed by atoms with E-state index in [-0.39, 0.29) is 40.2 Å². The van der Waals surface area contributed by atoms with Crippen LogP contribution in [0.25, 0.3) is 0 Å². The number of carbonyl (C=O) groups is 4. The summed E-state index contributed by atoms with van der Waals surface area (Å²) in [4.78, 5) is 60.9. The van der Waals surface area contributed by atoms with Crippen LogP contribution in [0.5, 0.6) is 0 Å². The van der Waals surface area contributed by atoms with Crippen LogP contribution in [-0.2, 0) is 14.5 Å². The fourth-order valence-corrected chi connectivity index (χ4v) is 4.02. The van der Waals surface area contributed by atoms with Gasteiger partial charge in [0.05, 0.1) is 11.1 Å². The van der Waals surface area contributed by atoms with Gasteiger partial charge in [-0.2, -0.15) is 0 Å². The second-order valence-corrected chi connectivity index (χ2v) is 9.32. The molecule has 0 saturated carbocycles. The lowest BCUT2D eigenvalue weighted by Gasteiger charge is -2.18. The summed E-state index contributed by atoms with van der Waals surface area (Å²) in [5, 5.41) is 0. The SMILES string of the molecule is CCCCCCC(OCCCCC)C(=O)c1ccc(C(=O)CCC)c(C(=O)OOC(=O)c2ccccc2)c1. The molecule has 1 unspecified atom stereocenters. The van der Waals surface area contributed by atoms with Crippen molar-refractivity contribution in [3.05, 3.63) is 70.8 Å². The molecular formula is C31H40O7. The number of benzene rings is 2. The van der Waals surface area contributed by atoms with Gasteiger partial charge in [0.15, 0.2) is 11.6 Å². The molecule has 206 valence electrons. The normalized spacial score (nSPS) is 11.6. The Labute approximate surface area is 225 Å². The second-order valence-electron chi connectivity index (χ2n) is 9.32. The van der Waals surface area contributed by atoms with E-state index >= 15 is 0 Å². The average molecular weight is 525 g/mol. The van der Waals surface area contributed by atoms with E-state index in [2.05, 4.69) is 13.8 Å². The van der Waals surface area contributed by atoms with Crippen LogP contribution in [0.2, 0.25) is 0 Å². The number of hydrogen-bond donors (Lipinski definition) is 0. The van der Waals surface area contributed by atoms with Crippen molar-refractivity contribution in [3.8, 4) is 0 Å². The Balaban J connectivity index is 2.26. The number of unbranched alkanes of at least 4 members (excludes halogenated alkanes) is 5. The zero-order valence-corrected chi connectivity index (χ0v) is 22.8. The van der Waals surface area contributed by atoms with Crippen molar-refractivity contribution in [1.82, 2.24) is 0 Å². The smallest absolute Gasteiger partial charge is 0.370 e. The summed E-state index contributed by atoms with van der Waals surface area (Å²) < 4.78 is 5.98. The van der Waals surface area contributed by atoms with Gasteiger partial charge in [0.25, 0.3) is 0 Å². The molecule has 0 spiro atoms. The summed E-state index contributed by atoms with van der Waals surface area (Å²) in [5.74, 6) is -2.38. The lowest BCUT2D eigenvalue weighted by molar-refractivity contribution is -0.187. The Morgan fingerprint density at radius 3 is 2.05 bits per heavy atom. The molecule has 0 saturated heterocycles. The predicted molar refractivity (Wildman–Crippen MR) is 145 cm³/mol. The standard InChI is InChI=1S/C31H40O7/c1-4-7-9-13-18-28(36-21-14-8-5-2)29(33)24-19-20-25(27(32)15-6-3)26(22-24)31(35)38-37-30(34)23-16-11-10-12-17-23/h10-12,16-17,19-20,22,28H,4-9,13-15,18,21H2,1-3H3. The first-order valence-corrected chi connectivity index (χ1v) is 13.7. The lowest BCUT2D eigenvalue weighted by atomic mass is 9.94. The highest BCUT2D eigenvalue weighted by molar-refractivity contribution is 6.09. The van der Waals surface area contributed by atoms with Gasteiger partial charge in [0.1, 0.15) is 6.10 Å². The minimum absolute atomic E-state index is 0.118. The van der Waals surface area contributed by atoms with Crippen LogP contribution < -0.4 is 0 Å². The highest BCUT2D eigenvalue weighted by Crippen LogP contribution is 2.21. The third kappa shape index (κ3) is 9.86. The average Bonchev–Trinajstić information content (AvgIpc) is 2.94. The Morgan fingerprint density at radius 1 is 0.684 bits per heavy atom. The van der Waals surface area contributed by atoms with E-state index in [1.165, 1.54) is 24.3 Å². The molecular weight excluding hydrogens is 484 g/mol. The molecule has 0 aliphatic carbocycles. The van der Waals surface area contributed by atoms with Gasteiger partial charge in [-0.25, -0.2) is 19.4 Å². The van der Waals surface area contributed by atoms with Crippen LogP contribution in [0.1, 0.15) is 126 Å². The number of ether oxygens (including phenoxy) is 1. The van der Waals surface area contributed by atoms with E-state index in [0.29, 0.717) is 19.4 Å². The number of ketones is 2. The first-order chi connectivity index (χ1) is 18.4. The van der Waals surface area contributed by atoms with Crippen molar-refractivity contribution in [1.29, 1.82) is 0 Å². The maximum atomic E-state index is 13.5. The first-order valence-electron chi connectivity index (χ1n) is 13.7. The van der Waals surface area contributed by atoms with E-state index < -0.39 is 18.0 Å². The van der Waals surface area contributed by atoms with Crippen molar-refractivity contribution < 1.29 is 33.7 Å². The third-order valence-corrected chi connectivity index (χ3v) is 6.18. The fraction of sp³-hybridized carbons (Fsp3) is 0.484. The highest BCUT2D eigenvalue weighted by atomic mass is 17.2. The predicted octanol–water partition coefficient (Wildman–Crippen LogP) is 7.33. The largest absolute Gasteiger partial charge is 0.387 e. The Morgan fingerprint density at radius 2 is 1.37 bits per heavy atom. The van der Waals surface area contributed by atoms with E-state index in [0.717, 1.165) is 44.9 Å². The Bertz CT molecular complexity index is 1030. The second kappa shape index (κ2) is 17.2. The molecule has 2 rings (SSSR count). The number of Topliss-reactive ketones (excluding diaryl/α,β-unsaturated/α-hetero) is 2. The van der Waals surface area contributed by atoms with Crippen LogP contribution in [-0.4, -0.2) is 36.2 Å². The number of rotatable bonds is 17. The summed E-state index contributed by atoms with van der Waals surface area (Å²) in [7, 11) is 0. The lowest BCUT2D eigenvalue weighted by Crippen LogP contribution is -2.26. The van der Waals surface area contributed by atoms with E-state index in [4.69, 9.17) is 14.5 Å². The Kier molecular flexibility index (Phi) is 14.0.